The van der Waals surface area contributed by atoms with E-state index in [0.717, 1.165) is 32.2 Å². The van der Waals surface area contributed by atoms with Crippen LogP contribution in [0.1, 0.15) is 38.5 Å². The molecule has 4 N–H and O–H groups in total. The maximum absolute atomic E-state index is 11.2. The Labute approximate surface area is 95.9 Å². The minimum absolute atomic E-state index is 0.245. The van der Waals surface area contributed by atoms with Crippen LogP contribution >= 0.6 is 0 Å². The highest BCUT2D eigenvalue weighted by molar-refractivity contribution is 5.88. The highest BCUT2D eigenvalue weighted by Gasteiger charge is 2.30. The fraction of sp³-hybridized carbons (Fsp3) is 0.818. The lowest BCUT2D eigenvalue weighted by Crippen LogP contribution is -2.47. The molecule has 16 heavy (non-hydrogen) atoms. The molecule has 2 fully saturated rings. The van der Waals surface area contributed by atoms with E-state index in [1.54, 1.807) is 0 Å². The molecule has 90 valence electrons. The van der Waals surface area contributed by atoms with Crippen molar-refractivity contribution in [1.29, 1.82) is 0 Å². The molecule has 1 atom stereocenters. The van der Waals surface area contributed by atoms with Crippen LogP contribution in [0.4, 0.5) is 0 Å². The van der Waals surface area contributed by atoms with Gasteiger partial charge in [0.05, 0.1) is 6.04 Å². The number of rotatable bonds is 2. The van der Waals surface area contributed by atoms with Crippen molar-refractivity contribution in [3.05, 3.63) is 0 Å². The number of nitrogens with two attached hydrogens (primary N) is 2. The van der Waals surface area contributed by atoms with Gasteiger partial charge in [0.15, 0.2) is 5.96 Å². The van der Waals surface area contributed by atoms with Crippen LogP contribution in [0.3, 0.4) is 0 Å². The highest BCUT2D eigenvalue weighted by atomic mass is 16.1. The van der Waals surface area contributed by atoms with E-state index in [9.17, 15) is 4.79 Å². The molecular formula is C11H20N4O. The zero-order valence-electron chi connectivity index (χ0n) is 9.56. The molecule has 5 nitrogen and oxygen atoms in total. The van der Waals surface area contributed by atoms with Crippen LogP contribution in [0.15, 0.2) is 4.99 Å². The molecule has 1 unspecified atom stereocenters. The fourth-order valence-corrected chi connectivity index (χ4v) is 2.63. The number of hydrogen-bond donors (Lipinski definition) is 2. The number of carbonyl (C=O) groups excluding carboxylic acids is 1. The number of amides is 1. The van der Waals surface area contributed by atoms with Crippen molar-refractivity contribution in [3.63, 3.8) is 0 Å². The van der Waals surface area contributed by atoms with Gasteiger partial charge in [-0.2, -0.15) is 0 Å². The summed E-state index contributed by atoms with van der Waals surface area (Å²) in [5.41, 5.74) is 11.3. The van der Waals surface area contributed by atoms with Gasteiger partial charge in [0, 0.05) is 6.54 Å². The Balaban J connectivity index is 2.02. The van der Waals surface area contributed by atoms with E-state index >= 15 is 0 Å². The molecule has 1 saturated carbocycles. The largest absolute Gasteiger partial charge is 0.370 e. The fourth-order valence-electron chi connectivity index (χ4n) is 2.63. The summed E-state index contributed by atoms with van der Waals surface area (Å²) in [6.45, 7) is 0.801. The third-order valence-electron chi connectivity index (χ3n) is 3.52. The highest BCUT2D eigenvalue weighted by Crippen LogP contribution is 2.22. The van der Waals surface area contributed by atoms with Crippen LogP contribution in [0.25, 0.3) is 0 Å². The molecule has 2 aliphatic rings. The van der Waals surface area contributed by atoms with Gasteiger partial charge in [-0.1, -0.05) is 12.8 Å². The van der Waals surface area contributed by atoms with Gasteiger partial charge in [-0.25, -0.2) is 4.99 Å². The molecule has 0 spiro atoms. The van der Waals surface area contributed by atoms with Crippen molar-refractivity contribution in [3.8, 4) is 0 Å². The molecule has 1 aliphatic carbocycles. The molecule has 1 aliphatic heterocycles. The Hall–Kier alpha value is -1.26. The first-order valence-electron chi connectivity index (χ1n) is 6.07. The standard InChI is InChI=1S/C11H20N4O/c12-10(16)9-6-3-7-15(9)11(13)14-8-4-1-2-5-8/h8-9H,1-7H2,(H2,12,16)(H2,13,14). The van der Waals surface area contributed by atoms with E-state index in [0.29, 0.717) is 12.0 Å². The van der Waals surface area contributed by atoms with Crippen LogP contribution in [-0.4, -0.2) is 35.4 Å². The van der Waals surface area contributed by atoms with E-state index in [1.165, 1.54) is 12.8 Å². The average Bonchev–Trinajstić information content (AvgIpc) is 2.86. The van der Waals surface area contributed by atoms with Gasteiger partial charge in [0.2, 0.25) is 5.91 Å². The lowest BCUT2D eigenvalue weighted by molar-refractivity contribution is -0.121. The van der Waals surface area contributed by atoms with Gasteiger partial charge in [0.1, 0.15) is 6.04 Å². The Bertz CT molecular complexity index is 296. The van der Waals surface area contributed by atoms with E-state index in [1.807, 2.05) is 4.90 Å². The molecule has 0 radical (unpaired) electrons. The smallest absolute Gasteiger partial charge is 0.240 e. The van der Waals surface area contributed by atoms with E-state index in [2.05, 4.69) is 4.99 Å². The Morgan fingerprint density at radius 1 is 1.12 bits per heavy atom. The molecule has 0 aromatic heterocycles. The molecule has 1 heterocycles. The zero-order valence-corrected chi connectivity index (χ0v) is 9.56. The summed E-state index contributed by atoms with van der Waals surface area (Å²) in [5.74, 6) is 0.218. The first-order chi connectivity index (χ1) is 7.68. The van der Waals surface area contributed by atoms with Gasteiger partial charge in [-0.15, -0.1) is 0 Å². The minimum Gasteiger partial charge on any atom is -0.370 e. The lowest BCUT2D eigenvalue weighted by atomic mass is 10.2. The van der Waals surface area contributed by atoms with E-state index in [-0.39, 0.29) is 11.9 Å². The molecule has 1 saturated heterocycles. The molecule has 0 aromatic carbocycles. The van der Waals surface area contributed by atoms with E-state index in [4.69, 9.17) is 11.5 Å². The second kappa shape index (κ2) is 4.72. The van der Waals surface area contributed by atoms with Gasteiger partial charge in [-0.3, -0.25) is 4.79 Å². The quantitative estimate of drug-likeness (QED) is 0.519. The number of hydrogen-bond acceptors (Lipinski definition) is 2. The molecule has 5 heteroatoms. The van der Waals surface area contributed by atoms with Gasteiger partial charge >= 0.3 is 0 Å². The number of primary amides is 1. The summed E-state index contributed by atoms with van der Waals surface area (Å²) >= 11 is 0. The van der Waals surface area contributed by atoms with Crippen molar-refractivity contribution in [2.24, 2.45) is 16.5 Å². The monoisotopic (exact) mass is 224 g/mol. The average molecular weight is 224 g/mol. The third-order valence-corrected chi connectivity index (χ3v) is 3.52. The number of nitrogens with zero attached hydrogens (tertiary/aromatic N) is 2. The molecular weight excluding hydrogens is 204 g/mol. The summed E-state index contributed by atoms with van der Waals surface area (Å²) in [7, 11) is 0. The number of aliphatic imine (C=N–C) groups is 1. The van der Waals surface area contributed by atoms with Crippen LogP contribution in [0.5, 0.6) is 0 Å². The van der Waals surface area contributed by atoms with Gasteiger partial charge < -0.3 is 16.4 Å². The summed E-state index contributed by atoms with van der Waals surface area (Å²) in [5, 5.41) is 0. The van der Waals surface area contributed by atoms with Crippen LogP contribution in [0, 0.1) is 0 Å². The summed E-state index contributed by atoms with van der Waals surface area (Å²) in [6, 6.07) is 0.110. The molecule has 0 aromatic rings. The summed E-state index contributed by atoms with van der Waals surface area (Å²) in [6.07, 6.45) is 6.48. The third kappa shape index (κ3) is 2.28. The van der Waals surface area contributed by atoms with Gasteiger partial charge in [-0.05, 0) is 25.7 Å². The van der Waals surface area contributed by atoms with Crippen molar-refractivity contribution in [2.45, 2.75) is 50.6 Å². The SMILES string of the molecule is NC(=O)C1CCCN1C(N)=NC1CCCC1. The van der Waals surface area contributed by atoms with Crippen LogP contribution in [-0.2, 0) is 4.79 Å². The number of guanidine groups is 1. The van der Waals surface area contributed by atoms with Crippen molar-refractivity contribution < 1.29 is 4.79 Å². The first-order valence-corrected chi connectivity index (χ1v) is 6.07. The Morgan fingerprint density at radius 2 is 1.81 bits per heavy atom. The zero-order chi connectivity index (χ0) is 11.5. The summed E-state index contributed by atoms with van der Waals surface area (Å²) < 4.78 is 0. The van der Waals surface area contributed by atoms with Gasteiger partial charge in [0.25, 0.3) is 0 Å². The van der Waals surface area contributed by atoms with Crippen molar-refractivity contribution in [2.75, 3.05) is 6.54 Å². The maximum Gasteiger partial charge on any atom is 0.240 e. The topological polar surface area (TPSA) is 84.7 Å². The van der Waals surface area contributed by atoms with Crippen molar-refractivity contribution in [1.82, 2.24) is 4.90 Å². The Morgan fingerprint density at radius 3 is 2.44 bits per heavy atom. The lowest BCUT2D eigenvalue weighted by Gasteiger charge is -2.23. The number of likely N-dealkylation sites (tertiary alicyclic amines) is 1. The molecule has 2 rings (SSSR count). The Kier molecular flexibility index (Phi) is 3.31. The second-order valence-corrected chi connectivity index (χ2v) is 4.68. The maximum atomic E-state index is 11.2. The first kappa shape index (κ1) is 11.2. The predicted octanol–water partition coefficient (Wildman–Crippen LogP) is 0.193. The molecule has 1 amide bonds. The normalized spacial score (nSPS) is 27.6. The van der Waals surface area contributed by atoms with E-state index < -0.39 is 0 Å². The predicted molar refractivity (Wildman–Crippen MR) is 62.8 cm³/mol. The van der Waals surface area contributed by atoms with Crippen LogP contribution in [0.2, 0.25) is 0 Å². The van der Waals surface area contributed by atoms with Crippen LogP contribution < -0.4 is 11.5 Å². The van der Waals surface area contributed by atoms with Crippen molar-refractivity contribution >= 4 is 11.9 Å². The minimum atomic E-state index is -0.290. The summed E-state index contributed by atoms with van der Waals surface area (Å²) in [4.78, 5) is 17.6. The molecule has 0 bridgehead atoms. The second-order valence-electron chi connectivity index (χ2n) is 4.68. The number of carbonyl (C=O) groups is 1.